The summed E-state index contributed by atoms with van der Waals surface area (Å²) >= 11 is 5.88. The van der Waals surface area contributed by atoms with Crippen LogP contribution < -0.4 is 0 Å². The Hall–Kier alpha value is -0.570. The molecule has 0 unspecified atom stereocenters. The number of benzene rings is 1. The first-order valence-electron chi connectivity index (χ1n) is 4.72. The van der Waals surface area contributed by atoms with Crippen LogP contribution in [-0.4, -0.2) is 23.4 Å². The Kier molecular flexibility index (Phi) is 2.52. The van der Waals surface area contributed by atoms with Gasteiger partial charge < -0.3 is 10.2 Å². The van der Waals surface area contributed by atoms with Crippen LogP contribution in [0.4, 0.5) is 0 Å². The lowest BCUT2D eigenvalue weighted by Crippen LogP contribution is -2.31. The lowest BCUT2D eigenvalue weighted by Gasteiger charge is -2.25. The fourth-order valence-corrected chi connectivity index (χ4v) is 2.37. The van der Waals surface area contributed by atoms with Crippen LogP contribution in [0.25, 0.3) is 0 Å². The van der Waals surface area contributed by atoms with Crippen LogP contribution in [0.2, 0.25) is 5.02 Å². The Labute approximate surface area is 88.1 Å². The highest BCUT2D eigenvalue weighted by molar-refractivity contribution is 6.30. The second-order valence-corrected chi connectivity index (χ2v) is 4.33. The monoisotopic (exact) mass is 212 g/mol. The van der Waals surface area contributed by atoms with Crippen molar-refractivity contribution in [1.82, 2.24) is 0 Å². The van der Waals surface area contributed by atoms with Crippen LogP contribution in [0, 0.1) is 0 Å². The van der Waals surface area contributed by atoms with Crippen LogP contribution >= 0.6 is 11.6 Å². The number of fused-ring (bicyclic) bond motifs is 1. The van der Waals surface area contributed by atoms with Crippen molar-refractivity contribution in [3.63, 3.8) is 0 Å². The van der Waals surface area contributed by atoms with Crippen molar-refractivity contribution in [2.75, 3.05) is 13.2 Å². The number of hydrogen-bond acceptors (Lipinski definition) is 2. The summed E-state index contributed by atoms with van der Waals surface area (Å²) in [6.07, 6.45) is 1.69. The summed E-state index contributed by atoms with van der Waals surface area (Å²) in [5.74, 6) is 0. The molecule has 0 saturated carbocycles. The average molecular weight is 213 g/mol. The van der Waals surface area contributed by atoms with Gasteiger partial charge in [-0.25, -0.2) is 0 Å². The van der Waals surface area contributed by atoms with Crippen LogP contribution in [0.15, 0.2) is 18.2 Å². The third kappa shape index (κ3) is 1.34. The van der Waals surface area contributed by atoms with E-state index in [1.54, 1.807) is 0 Å². The highest BCUT2D eigenvalue weighted by Gasteiger charge is 2.37. The van der Waals surface area contributed by atoms with Gasteiger partial charge in [-0.2, -0.15) is 0 Å². The SMILES string of the molecule is OCC1(CO)CCc2cc(Cl)ccc21. The Morgan fingerprint density at radius 2 is 2.00 bits per heavy atom. The van der Waals surface area contributed by atoms with Gasteiger partial charge in [0, 0.05) is 10.4 Å². The summed E-state index contributed by atoms with van der Waals surface area (Å²) in [5, 5.41) is 19.4. The van der Waals surface area contributed by atoms with Crippen molar-refractivity contribution in [3.05, 3.63) is 34.3 Å². The van der Waals surface area contributed by atoms with E-state index in [1.165, 1.54) is 0 Å². The van der Waals surface area contributed by atoms with E-state index in [9.17, 15) is 10.2 Å². The quantitative estimate of drug-likeness (QED) is 0.780. The maximum Gasteiger partial charge on any atom is 0.0550 e. The molecule has 1 aliphatic carbocycles. The van der Waals surface area contributed by atoms with Gasteiger partial charge in [-0.15, -0.1) is 0 Å². The number of aryl methyl sites for hydroxylation is 1. The fraction of sp³-hybridized carbons (Fsp3) is 0.455. The third-order valence-corrected chi connectivity index (χ3v) is 3.35. The highest BCUT2D eigenvalue weighted by Crippen LogP contribution is 2.39. The van der Waals surface area contributed by atoms with Gasteiger partial charge in [0.2, 0.25) is 0 Å². The zero-order valence-corrected chi connectivity index (χ0v) is 8.59. The minimum absolute atomic E-state index is 0.00185. The molecule has 0 saturated heterocycles. The molecule has 0 fully saturated rings. The highest BCUT2D eigenvalue weighted by atomic mass is 35.5. The van der Waals surface area contributed by atoms with Gasteiger partial charge in [-0.05, 0) is 36.1 Å². The molecule has 0 heterocycles. The van der Waals surface area contributed by atoms with Crippen molar-refractivity contribution in [2.45, 2.75) is 18.3 Å². The first kappa shape index (κ1) is 9.97. The summed E-state index contributed by atoms with van der Waals surface area (Å²) in [6, 6.07) is 5.65. The number of hydrogen-bond donors (Lipinski definition) is 2. The summed E-state index contributed by atoms with van der Waals surface area (Å²) in [4.78, 5) is 0. The van der Waals surface area contributed by atoms with E-state index in [4.69, 9.17) is 11.6 Å². The Bertz CT molecular complexity index is 345. The molecule has 0 aromatic heterocycles. The molecule has 0 atom stereocenters. The largest absolute Gasteiger partial charge is 0.395 e. The first-order valence-corrected chi connectivity index (χ1v) is 5.10. The molecule has 76 valence electrons. The zero-order valence-electron chi connectivity index (χ0n) is 7.83. The van der Waals surface area contributed by atoms with Crippen molar-refractivity contribution in [2.24, 2.45) is 0 Å². The normalized spacial score (nSPS) is 18.2. The molecule has 0 amide bonds. The van der Waals surface area contributed by atoms with Crippen molar-refractivity contribution in [1.29, 1.82) is 0 Å². The fourth-order valence-electron chi connectivity index (χ4n) is 2.17. The van der Waals surface area contributed by atoms with Gasteiger partial charge in [0.1, 0.15) is 0 Å². The van der Waals surface area contributed by atoms with Crippen molar-refractivity contribution in [3.8, 4) is 0 Å². The average Bonchev–Trinajstić information content (AvgIpc) is 2.56. The van der Waals surface area contributed by atoms with E-state index in [1.807, 2.05) is 18.2 Å². The topological polar surface area (TPSA) is 40.5 Å². The van der Waals surface area contributed by atoms with E-state index in [-0.39, 0.29) is 13.2 Å². The third-order valence-electron chi connectivity index (χ3n) is 3.12. The van der Waals surface area contributed by atoms with Crippen LogP contribution in [0.1, 0.15) is 17.5 Å². The molecule has 0 aliphatic heterocycles. The Morgan fingerprint density at radius 3 is 2.64 bits per heavy atom. The minimum Gasteiger partial charge on any atom is -0.395 e. The molecule has 2 N–H and O–H groups in total. The Balaban J connectivity index is 2.48. The summed E-state index contributed by atoms with van der Waals surface area (Å²) in [5.41, 5.74) is 1.76. The van der Waals surface area contributed by atoms with Gasteiger partial charge in [-0.1, -0.05) is 17.7 Å². The van der Waals surface area contributed by atoms with Crippen LogP contribution in [0.5, 0.6) is 0 Å². The second-order valence-electron chi connectivity index (χ2n) is 3.90. The van der Waals surface area contributed by atoms with Gasteiger partial charge >= 0.3 is 0 Å². The molecule has 1 aromatic rings. The summed E-state index contributed by atoms with van der Waals surface area (Å²) in [6.45, 7) is -0.00371. The summed E-state index contributed by atoms with van der Waals surface area (Å²) < 4.78 is 0. The molecule has 1 aromatic carbocycles. The predicted octanol–water partition coefficient (Wildman–Crippen LogP) is 1.51. The maximum atomic E-state index is 9.34. The summed E-state index contributed by atoms with van der Waals surface area (Å²) in [7, 11) is 0. The van der Waals surface area contributed by atoms with E-state index < -0.39 is 5.41 Å². The minimum atomic E-state index is -0.445. The van der Waals surface area contributed by atoms with Gasteiger partial charge in [-0.3, -0.25) is 0 Å². The van der Waals surface area contributed by atoms with Crippen LogP contribution in [-0.2, 0) is 11.8 Å². The second kappa shape index (κ2) is 3.54. The van der Waals surface area contributed by atoms with E-state index in [2.05, 4.69) is 0 Å². The molecule has 1 aliphatic rings. The van der Waals surface area contributed by atoms with Gasteiger partial charge in [0.05, 0.1) is 13.2 Å². The van der Waals surface area contributed by atoms with E-state index in [0.29, 0.717) is 0 Å². The maximum absolute atomic E-state index is 9.34. The van der Waals surface area contributed by atoms with Gasteiger partial charge in [0.15, 0.2) is 0 Å². The molecule has 0 radical (unpaired) electrons. The molecule has 3 heteroatoms. The molecule has 0 bridgehead atoms. The molecule has 14 heavy (non-hydrogen) atoms. The van der Waals surface area contributed by atoms with E-state index in [0.717, 1.165) is 29.0 Å². The van der Waals surface area contributed by atoms with Crippen LogP contribution in [0.3, 0.4) is 0 Å². The van der Waals surface area contributed by atoms with Crippen molar-refractivity contribution >= 4 is 11.6 Å². The van der Waals surface area contributed by atoms with E-state index >= 15 is 0 Å². The smallest absolute Gasteiger partial charge is 0.0550 e. The zero-order chi connectivity index (χ0) is 10.2. The number of halogens is 1. The predicted molar refractivity (Wildman–Crippen MR) is 55.6 cm³/mol. The molecule has 2 nitrogen and oxygen atoms in total. The number of rotatable bonds is 2. The Morgan fingerprint density at radius 1 is 1.29 bits per heavy atom. The molecular weight excluding hydrogens is 200 g/mol. The lowest BCUT2D eigenvalue weighted by atomic mass is 9.84. The molecular formula is C11H13ClO2. The standard InChI is InChI=1S/C11H13ClO2/c12-9-1-2-10-8(5-9)3-4-11(10,6-13)7-14/h1-2,5,13-14H,3-4,6-7H2. The number of aliphatic hydroxyl groups excluding tert-OH is 2. The lowest BCUT2D eigenvalue weighted by molar-refractivity contribution is 0.117. The first-order chi connectivity index (χ1) is 6.72. The number of aliphatic hydroxyl groups is 2. The molecule has 0 spiro atoms. The van der Waals surface area contributed by atoms with Gasteiger partial charge in [0.25, 0.3) is 0 Å². The molecule has 2 rings (SSSR count). The van der Waals surface area contributed by atoms with Crippen molar-refractivity contribution < 1.29 is 10.2 Å².